The summed E-state index contributed by atoms with van der Waals surface area (Å²) >= 11 is 0. The summed E-state index contributed by atoms with van der Waals surface area (Å²) in [6.07, 6.45) is 1.72. The number of aryl methyl sites for hydroxylation is 1. The number of rotatable bonds is 6. The highest BCUT2D eigenvalue weighted by atomic mass is 16.6. The molecule has 2 rings (SSSR count). The standard InChI is InChI=1S/C16H18N2O3/c1-12-15(18(19)20)5-2-6-16(12)21-11-3-4-13-7-9-14(17)10-8-13/h2,5-10H,3-4,11,17H2,1H3. The Kier molecular flexibility index (Phi) is 4.77. The van der Waals surface area contributed by atoms with Gasteiger partial charge in [0.15, 0.2) is 0 Å². The third-order valence-electron chi connectivity index (χ3n) is 3.30. The van der Waals surface area contributed by atoms with Gasteiger partial charge < -0.3 is 10.5 Å². The SMILES string of the molecule is Cc1c(OCCCc2ccc(N)cc2)cccc1[N+](=O)[O-]. The third kappa shape index (κ3) is 3.95. The molecule has 21 heavy (non-hydrogen) atoms. The summed E-state index contributed by atoms with van der Waals surface area (Å²) in [7, 11) is 0. The van der Waals surface area contributed by atoms with Crippen molar-refractivity contribution >= 4 is 11.4 Å². The summed E-state index contributed by atoms with van der Waals surface area (Å²) in [6, 6.07) is 12.6. The van der Waals surface area contributed by atoms with Crippen molar-refractivity contribution in [2.45, 2.75) is 19.8 Å². The van der Waals surface area contributed by atoms with Gasteiger partial charge in [-0.3, -0.25) is 10.1 Å². The van der Waals surface area contributed by atoms with Crippen LogP contribution in [0.15, 0.2) is 42.5 Å². The van der Waals surface area contributed by atoms with Gasteiger partial charge in [-0.05, 0) is 43.5 Å². The van der Waals surface area contributed by atoms with E-state index in [9.17, 15) is 10.1 Å². The Labute approximate surface area is 123 Å². The normalized spacial score (nSPS) is 10.3. The average Bonchev–Trinajstić information content (AvgIpc) is 2.46. The highest BCUT2D eigenvalue weighted by Crippen LogP contribution is 2.27. The van der Waals surface area contributed by atoms with Crippen molar-refractivity contribution < 1.29 is 9.66 Å². The molecule has 0 saturated heterocycles. The second-order valence-corrected chi connectivity index (χ2v) is 4.85. The first-order chi connectivity index (χ1) is 10.1. The van der Waals surface area contributed by atoms with Gasteiger partial charge in [-0.15, -0.1) is 0 Å². The Hall–Kier alpha value is -2.56. The van der Waals surface area contributed by atoms with E-state index in [2.05, 4.69) is 0 Å². The number of nitrogens with two attached hydrogens (primary N) is 1. The van der Waals surface area contributed by atoms with Crippen LogP contribution in [0.5, 0.6) is 5.75 Å². The zero-order valence-corrected chi connectivity index (χ0v) is 11.9. The van der Waals surface area contributed by atoms with Crippen molar-refractivity contribution in [3.8, 4) is 5.75 Å². The molecule has 2 aromatic rings. The zero-order valence-electron chi connectivity index (χ0n) is 11.9. The molecule has 0 aliphatic rings. The van der Waals surface area contributed by atoms with E-state index < -0.39 is 4.92 Å². The smallest absolute Gasteiger partial charge is 0.276 e. The predicted molar refractivity (Wildman–Crippen MR) is 82.5 cm³/mol. The van der Waals surface area contributed by atoms with Crippen molar-refractivity contribution in [1.82, 2.24) is 0 Å². The van der Waals surface area contributed by atoms with E-state index in [1.807, 2.05) is 24.3 Å². The number of nitro benzene ring substituents is 1. The largest absolute Gasteiger partial charge is 0.493 e. The molecule has 5 heteroatoms. The Bertz CT molecular complexity index is 624. The zero-order chi connectivity index (χ0) is 15.2. The second kappa shape index (κ2) is 6.74. The molecule has 0 saturated carbocycles. The van der Waals surface area contributed by atoms with E-state index in [1.165, 1.54) is 11.6 Å². The lowest BCUT2D eigenvalue weighted by Crippen LogP contribution is -2.02. The molecular formula is C16H18N2O3. The van der Waals surface area contributed by atoms with E-state index in [4.69, 9.17) is 10.5 Å². The summed E-state index contributed by atoms with van der Waals surface area (Å²) in [5, 5.41) is 10.9. The highest BCUT2D eigenvalue weighted by molar-refractivity contribution is 5.48. The summed E-state index contributed by atoms with van der Waals surface area (Å²) in [6.45, 7) is 2.22. The number of nitrogen functional groups attached to an aromatic ring is 1. The molecule has 110 valence electrons. The minimum atomic E-state index is -0.392. The van der Waals surface area contributed by atoms with E-state index in [0.717, 1.165) is 18.5 Å². The van der Waals surface area contributed by atoms with Gasteiger partial charge in [-0.1, -0.05) is 18.2 Å². The summed E-state index contributed by atoms with van der Waals surface area (Å²) < 4.78 is 5.64. The molecule has 0 heterocycles. The minimum absolute atomic E-state index is 0.0889. The van der Waals surface area contributed by atoms with Crippen LogP contribution in [0.1, 0.15) is 17.5 Å². The number of hydrogen-bond acceptors (Lipinski definition) is 4. The number of anilines is 1. The van der Waals surface area contributed by atoms with Crippen LogP contribution in [0.4, 0.5) is 11.4 Å². The van der Waals surface area contributed by atoms with Crippen molar-refractivity contribution in [2.24, 2.45) is 0 Å². The topological polar surface area (TPSA) is 78.4 Å². The fourth-order valence-corrected chi connectivity index (χ4v) is 2.10. The van der Waals surface area contributed by atoms with Gasteiger partial charge in [0.1, 0.15) is 5.75 Å². The molecule has 0 unspecified atom stereocenters. The molecule has 0 atom stereocenters. The summed E-state index contributed by atoms with van der Waals surface area (Å²) in [5.41, 5.74) is 8.24. The summed E-state index contributed by atoms with van der Waals surface area (Å²) in [5.74, 6) is 0.571. The van der Waals surface area contributed by atoms with Gasteiger partial charge in [0, 0.05) is 11.8 Å². The molecule has 2 N–H and O–H groups in total. The Balaban J connectivity index is 1.88. The first-order valence-electron chi connectivity index (χ1n) is 6.79. The number of hydrogen-bond donors (Lipinski definition) is 1. The minimum Gasteiger partial charge on any atom is -0.493 e. The number of benzene rings is 2. The van der Waals surface area contributed by atoms with Crippen LogP contribution < -0.4 is 10.5 Å². The van der Waals surface area contributed by atoms with Crippen molar-refractivity contribution in [3.05, 3.63) is 63.7 Å². The Morgan fingerprint density at radius 2 is 1.90 bits per heavy atom. The van der Waals surface area contributed by atoms with Gasteiger partial charge in [-0.25, -0.2) is 0 Å². The van der Waals surface area contributed by atoms with Gasteiger partial charge in [0.05, 0.1) is 17.1 Å². The number of nitrogens with zero attached hydrogens (tertiary/aromatic N) is 1. The lowest BCUT2D eigenvalue weighted by molar-refractivity contribution is -0.385. The Morgan fingerprint density at radius 1 is 1.19 bits per heavy atom. The van der Waals surface area contributed by atoms with Crippen LogP contribution >= 0.6 is 0 Å². The maximum atomic E-state index is 10.9. The average molecular weight is 286 g/mol. The van der Waals surface area contributed by atoms with Crippen molar-refractivity contribution in [1.29, 1.82) is 0 Å². The van der Waals surface area contributed by atoms with Crippen LogP contribution in [0.25, 0.3) is 0 Å². The molecular weight excluding hydrogens is 268 g/mol. The van der Waals surface area contributed by atoms with Crippen LogP contribution in [-0.4, -0.2) is 11.5 Å². The summed E-state index contributed by atoms with van der Waals surface area (Å²) in [4.78, 5) is 10.5. The van der Waals surface area contributed by atoms with Crippen molar-refractivity contribution in [2.75, 3.05) is 12.3 Å². The second-order valence-electron chi connectivity index (χ2n) is 4.85. The molecule has 0 aliphatic carbocycles. The fraction of sp³-hybridized carbons (Fsp3) is 0.250. The highest BCUT2D eigenvalue weighted by Gasteiger charge is 2.13. The lowest BCUT2D eigenvalue weighted by Gasteiger charge is -2.09. The molecule has 0 bridgehead atoms. The first kappa shape index (κ1) is 14.8. The first-order valence-corrected chi connectivity index (χ1v) is 6.79. The lowest BCUT2D eigenvalue weighted by atomic mass is 10.1. The molecule has 0 aliphatic heterocycles. The van der Waals surface area contributed by atoms with Crippen molar-refractivity contribution in [3.63, 3.8) is 0 Å². The maximum absolute atomic E-state index is 10.9. The van der Waals surface area contributed by atoms with Crippen LogP contribution in [0.3, 0.4) is 0 Å². The van der Waals surface area contributed by atoms with Crippen LogP contribution in [-0.2, 0) is 6.42 Å². The molecule has 0 radical (unpaired) electrons. The predicted octanol–water partition coefficient (Wildman–Crippen LogP) is 3.50. The fourth-order valence-electron chi connectivity index (χ4n) is 2.10. The Morgan fingerprint density at radius 3 is 2.57 bits per heavy atom. The molecule has 0 spiro atoms. The quantitative estimate of drug-likeness (QED) is 0.381. The number of nitro groups is 1. The number of ether oxygens (including phenoxy) is 1. The van der Waals surface area contributed by atoms with E-state index >= 15 is 0 Å². The van der Waals surface area contributed by atoms with Crippen LogP contribution in [0, 0.1) is 17.0 Å². The van der Waals surface area contributed by atoms with Crippen LogP contribution in [0.2, 0.25) is 0 Å². The van der Waals surface area contributed by atoms with Gasteiger partial charge >= 0.3 is 0 Å². The van der Waals surface area contributed by atoms with Gasteiger partial charge in [-0.2, -0.15) is 0 Å². The molecule has 0 aromatic heterocycles. The van der Waals surface area contributed by atoms with Gasteiger partial charge in [0.25, 0.3) is 5.69 Å². The monoisotopic (exact) mass is 286 g/mol. The molecule has 0 amide bonds. The van der Waals surface area contributed by atoms with E-state index in [-0.39, 0.29) is 5.69 Å². The maximum Gasteiger partial charge on any atom is 0.276 e. The van der Waals surface area contributed by atoms with E-state index in [1.54, 1.807) is 19.1 Å². The van der Waals surface area contributed by atoms with Gasteiger partial charge in [0.2, 0.25) is 0 Å². The molecule has 0 fully saturated rings. The third-order valence-corrected chi connectivity index (χ3v) is 3.30. The molecule has 5 nitrogen and oxygen atoms in total. The van der Waals surface area contributed by atoms with E-state index in [0.29, 0.717) is 17.9 Å². The molecule has 2 aromatic carbocycles.